The van der Waals surface area contributed by atoms with Gasteiger partial charge in [-0.05, 0) is 44.0 Å². The lowest BCUT2D eigenvalue weighted by Crippen LogP contribution is -2.33. The molecule has 0 bridgehead atoms. The van der Waals surface area contributed by atoms with Crippen molar-refractivity contribution in [1.29, 1.82) is 0 Å². The van der Waals surface area contributed by atoms with E-state index >= 15 is 0 Å². The van der Waals surface area contributed by atoms with Crippen LogP contribution in [0.4, 0.5) is 0 Å². The van der Waals surface area contributed by atoms with Gasteiger partial charge < -0.3 is 0 Å². The summed E-state index contributed by atoms with van der Waals surface area (Å²) in [6.07, 6.45) is 2.65. The first kappa shape index (κ1) is 11.9. The molecule has 0 atom stereocenters. The van der Waals surface area contributed by atoms with Crippen LogP contribution in [-0.2, 0) is 6.54 Å². The van der Waals surface area contributed by atoms with Crippen LogP contribution in [0.2, 0.25) is 4.34 Å². The van der Waals surface area contributed by atoms with Gasteiger partial charge in [0.15, 0.2) is 0 Å². The Labute approximate surface area is 109 Å². The molecule has 0 aliphatic carbocycles. The van der Waals surface area contributed by atoms with Crippen molar-refractivity contribution in [1.82, 2.24) is 4.90 Å². The van der Waals surface area contributed by atoms with Gasteiger partial charge in [-0.1, -0.05) is 27.5 Å². The fourth-order valence-corrected chi connectivity index (χ4v) is 3.73. The Balaban J connectivity index is 1.82. The summed E-state index contributed by atoms with van der Waals surface area (Å²) in [6.45, 7) is 3.53. The third kappa shape index (κ3) is 3.45. The predicted octanol–water partition coefficient (Wildman–Crippen LogP) is 4.01. The van der Waals surface area contributed by atoms with Crippen LogP contribution in [0, 0.1) is 5.92 Å². The van der Waals surface area contributed by atoms with Crippen LogP contribution < -0.4 is 0 Å². The molecule has 1 aromatic heterocycles. The zero-order valence-corrected chi connectivity index (χ0v) is 11.7. The Morgan fingerprint density at radius 3 is 2.67 bits per heavy atom. The summed E-state index contributed by atoms with van der Waals surface area (Å²) in [5, 5.41) is 1.16. The van der Waals surface area contributed by atoms with Gasteiger partial charge in [0.25, 0.3) is 0 Å². The molecule has 15 heavy (non-hydrogen) atoms. The summed E-state index contributed by atoms with van der Waals surface area (Å²) in [5.41, 5.74) is 0. The van der Waals surface area contributed by atoms with Gasteiger partial charge in [-0.2, -0.15) is 0 Å². The van der Waals surface area contributed by atoms with Crippen molar-refractivity contribution < 1.29 is 0 Å². The van der Waals surface area contributed by atoms with E-state index in [-0.39, 0.29) is 0 Å². The van der Waals surface area contributed by atoms with Gasteiger partial charge in [0.2, 0.25) is 0 Å². The van der Waals surface area contributed by atoms with E-state index in [0.717, 1.165) is 22.1 Å². The number of nitrogens with zero attached hydrogens (tertiary/aromatic N) is 1. The van der Waals surface area contributed by atoms with Crippen molar-refractivity contribution in [3.05, 3.63) is 21.3 Å². The average molecular weight is 309 g/mol. The summed E-state index contributed by atoms with van der Waals surface area (Å²) in [5.74, 6) is 0.883. The fraction of sp³-hybridized carbons (Fsp3) is 0.636. The Morgan fingerprint density at radius 1 is 1.40 bits per heavy atom. The molecule has 0 radical (unpaired) electrons. The SMILES string of the molecule is Clc1ccc(CN2CCC(CBr)CC2)s1. The number of likely N-dealkylation sites (tertiary alicyclic amines) is 1. The monoisotopic (exact) mass is 307 g/mol. The summed E-state index contributed by atoms with van der Waals surface area (Å²) in [4.78, 5) is 3.92. The average Bonchev–Trinajstić information content (AvgIpc) is 2.65. The summed E-state index contributed by atoms with van der Waals surface area (Å²) < 4.78 is 0.903. The van der Waals surface area contributed by atoms with Crippen LogP contribution >= 0.6 is 38.9 Å². The molecule has 0 aromatic carbocycles. The minimum absolute atomic E-state index is 0.883. The maximum absolute atomic E-state index is 5.92. The van der Waals surface area contributed by atoms with E-state index < -0.39 is 0 Å². The second-order valence-electron chi connectivity index (χ2n) is 4.08. The highest BCUT2D eigenvalue weighted by molar-refractivity contribution is 9.09. The molecule has 1 aliphatic heterocycles. The standard InChI is InChI=1S/C11H15BrClNS/c12-7-9-3-5-14(6-4-9)8-10-1-2-11(13)15-10/h1-2,9H,3-8H2. The molecule has 0 amide bonds. The lowest BCUT2D eigenvalue weighted by Gasteiger charge is -2.30. The Hall–Kier alpha value is 0.430. The molecule has 0 unspecified atom stereocenters. The Kier molecular flexibility index (Phi) is 4.50. The molecular formula is C11H15BrClNS. The zero-order chi connectivity index (χ0) is 10.7. The van der Waals surface area contributed by atoms with Crippen molar-refractivity contribution in [2.24, 2.45) is 5.92 Å². The number of rotatable bonds is 3. The normalized spacial score (nSPS) is 19.6. The van der Waals surface area contributed by atoms with E-state index in [1.165, 1.54) is 30.8 Å². The summed E-state index contributed by atoms with van der Waals surface area (Å²) in [6, 6.07) is 4.14. The van der Waals surface area contributed by atoms with Gasteiger partial charge in [0.05, 0.1) is 4.34 Å². The quantitative estimate of drug-likeness (QED) is 0.763. The van der Waals surface area contributed by atoms with E-state index in [9.17, 15) is 0 Å². The number of hydrogen-bond donors (Lipinski definition) is 0. The second kappa shape index (κ2) is 5.67. The molecule has 1 aromatic rings. The van der Waals surface area contributed by atoms with Crippen LogP contribution in [0.3, 0.4) is 0 Å². The van der Waals surface area contributed by atoms with Crippen LogP contribution in [0.1, 0.15) is 17.7 Å². The minimum atomic E-state index is 0.883. The van der Waals surface area contributed by atoms with Gasteiger partial charge in [-0.15, -0.1) is 11.3 Å². The minimum Gasteiger partial charge on any atom is -0.298 e. The first-order valence-electron chi connectivity index (χ1n) is 5.30. The molecule has 2 heterocycles. The highest BCUT2D eigenvalue weighted by Gasteiger charge is 2.18. The van der Waals surface area contributed by atoms with E-state index in [4.69, 9.17) is 11.6 Å². The number of thiophene rings is 1. The lowest BCUT2D eigenvalue weighted by atomic mass is 9.99. The molecule has 0 spiro atoms. The van der Waals surface area contributed by atoms with Crippen LogP contribution in [0.25, 0.3) is 0 Å². The van der Waals surface area contributed by atoms with Gasteiger partial charge in [0.1, 0.15) is 0 Å². The largest absolute Gasteiger partial charge is 0.298 e. The van der Waals surface area contributed by atoms with Gasteiger partial charge in [-0.3, -0.25) is 4.90 Å². The number of hydrogen-bond acceptors (Lipinski definition) is 2. The Bertz CT molecular complexity index is 307. The summed E-state index contributed by atoms with van der Waals surface area (Å²) in [7, 11) is 0. The van der Waals surface area contributed by atoms with Crippen LogP contribution in [-0.4, -0.2) is 23.3 Å². The van der Waals surface area contributed by atoms with Crippen molar-refractivity contribution in [3.63, 3.8) is 0 Å². The molecule has 1 fully saturated rings. The maximum Gasteiger partial charge on any atom is 0.0931 e. The molecule has 4 heteroatoms. The number of alkyl halides is 1. The van der Waals surface area contributed by atoms with Gasteiger partial charge in [-0.25, -0.2) is 0 Å². The predicted molar refractivity (Wildman–Crippen MR) is 71.1 cm³/mol. The Morgan fingerprint density at radius 2 is 2.13 bits per heavy atom. The first-order valence-corrected chi connectivity index (χ1v) is 7.62. The van der Waals surface area contributed by atoms with Crippen molar-refractivity contribution >= 4 is 38.9 Å². The van der Waals surface area contributed by atoms with Crippen LogP contribution in [0.5, 0.6) is 0 Å². The molecule has 1 nitrogen and oxygen atoms in total. The van der Waals surface area contributed by atoms with E-state index in [2.05, 4.69) is 26.9 Å². The molecule has 0 saturated carbocycles. The van der Waals surface area contributed by atoms with Gasteiger partial charge in [0, 0.05) is 16.8 Å². The zero-order valence-electron chi connectivity index (χ0n) is 8.59. The van der Waals surface area contributed by atoms with E-state index in [1.807, 2.05) is 6.07 Å². The van der Waals surface area contributed by atoms with E-state index in [0.29, 0.717) is 0 Å². The lowest BCUT2D eigenvalue weighted by molar-refractivity contribution is 0.189. The highest BCUT2D eigenvalue weighted by atomic mass is 79.9. The number of piperidine rings is 1. The third-order valence-corrected chi connectivity index (χ3v) is 5.07. The summed E-state index contributed by atoms with van der Waals surface area (Å²) >= 11 is 11.2. The van der Waals surface area contributed by atoms with Crippen molar-refractivity contribution in [2.75, 3.05) is 18.4 Å². The first-order chi connectivity index (χ1) is 7.28. The molecular weight excluding hydrogens is 294 g/mol. The van der Waals surface area contributed by atoms with Crippen LogP contribution in [0.15, 0.2) is 12.1 Å². The molecule has 2 rings (SSSR count). The maximum atomic E-state index is 5.92. The van der Waals surface area contributed by atoms with Crippen molar-refractivity contribution in [2.45, 2.75) is 19.4 Å². The smallest absolute Gasteiger partial charge is 0.0931 e. The fourth-order valence-electron chi connectivity index (χ4n) is 1.96. The molecule has 84 valence electrons. The molecule has 1 aliphatic rings. The molecule has 1 saturated heterocycles. The van der Waals surface area contributed by atoms with E-state index in [1.54, 1.807) is 11.3 Å². The highest BCUT2D eigenvalue weighted by Crippen LogP contribution is 2.25. The second-order valence-corrected chi connectivity index (χ2v) is 6.53. The number of halogens is 2. The van der Waals surface area contributed by atoms with Gasteiger partial charge >= 0.3 is 0 Å². The van der Waals surface area contributed by atoms with Crippen molar-refractivity contribution in [3.8, 4) is 0 Å². The topological polar surface area (TPSA) is 3.24 Å². The third-order valence-electron chi connectivity index (χ3n) is 2.93. The molecule has 0 N–H and O–H groups in total.